The summed E-state index contributed by atoms with van der Waals surface area (Å²) < 4.78 is 29.9. The zero-order valence-electron chi connectivity index (χ0n) is 20.1. The van der Waals surface area contributed by atoms with Crippen LogP contribution in [0.1, 0.15) is 23.2 Å². The second-order valence-electron chi connectivity index (χ2n) is 8.43. The van der Waals surface area contributed by atoms with Crippen LogP contribution in [-0.2, 0) is 14.3 Å². The van der Waals surface area contributed by atoms with Gasteiger partial charge in [-0.05, 0) is 60.7 Å². The van der Waals surface area contributed by atoms with Gasteiger partial charge in [0.15, 0.2) is 17.6 Å². The highest BCUT2D eigenvalue weighted by molar-refractivity contribution is 6.18. The molecule has 3 aromatic rings. The predicted molar refractivity (Wildman–Crippen MR) is 136 cm³/mol. The number of ether oxygens (including phenoxy) is 3. The fourth-order valence-electron chi connectivity index (χ4n) is 4.02. The Morgan fingerprint density at radius 2 is 1.70 bits per heavy atom. The monoisotopic (exact) mass is 525 g/mol. The Hall–Kier alpha value is -3.91. The number of para-hydroxylation sites is 2. The number of esters is 1. The fourth-order valence-corrected chi connectivity index (χ4v) is 4.22. The first-order chi connectivity index (χ1) is 17.9. The number of rotatable bonds is 10. The van der Waals surface area contributed by atoms with Gasteiger partial charge in [-0.3, -0.25) is 14.4 Å². The van der Waals surface area contributed by atoms with Crippen molar-refractivity contribution in [1.29, 1.82) is 0 Å². The lowest BCUT2D eigenvalue weighted by Gasteiger charge is -2.19. The normalized spacial score (nSPS) is 15.8. The van der Waals surface area contributed by atoms with Gasteiger partial charge in [0.1, 0.15) is 11.6 Å². The van der Waals surface area contributed by atoms with E-state index in [-0.39, 0.29) is 36.7 Å². The van der Waals surface area contributed by atoms with Gasteiger partial charge in [0.05, 0.1) is 13.0 Å². The Morgan fingerprint density at radius 1 is 1.03 bits per heavy atom. The molecule has 0 spiro atoms. The minimum absolute atomic E-state index is 0.0450. The van der Waals surface area contributed by atoms with Crippen LogP contribution in [0.25, 0.3) is 0 Å². The van der Waals surface area contributed by atoms with E-state index < -0.39 is 29.6 Å². The van der Waals surface area contributed by atoms with Crippen molar-refractivity contribution in [3.05, 3.63) is 84.2 Å². The SMILES string of the molecule is COc1ccccc1Oc1ccc(N2C[C@@H](C(=O)O[C@H](CCCl)C(=O)c3ccc(F)cc3)CC2=O)cc1. The molecular formula is C28H25ClFNO6. The molecule has 0 bridgehead atoms. The van der Waals surface area contributed by atoms with Crippen molar-refractivity contribution in [3.63, 3.8) is 0 Å². The molecule has 7 nitrogen and oxygen atoms in total. The minimum Gasteiger partial charge on any atom is -0.493 e. The van der Waals surface area contributed by atoms with Crippen molar-refractivity contribution >= 4 is 34.9 Å². The third-order valence-corrected chi connectivity index (χ3v) is 6.17. The van der Waals surface area contributed by atoms with E-state index in [1.165, 1.54) is 17.0 Å². The van der Waals surface area contributed by atoms with E-state index >= 15 is 0 Å². The number of anilines is 1. The van der Waals surface area contributed by atoms with Crippen LogP contribution >= 0.6 is 11.6 Å². The lowest BCUT2D eigenvalue weighted by atomic mass is 10.0. The summed E-state index contributed by atoms with van der Waals surface area (Å²) in [4.78, 5) is 39.9. The van der Waals surface area contributed by atoms with Crippen LogP contribution in [0.3, 0.4) is 0 Å². The van der Waals surface area contributed by atoms with E-state index in [1.54, 1.807) is 43.5 Å². The van der Waals surface area contributed by atoms with Gasteiger partial charge < -0.3 is 19.1 Å². The number of amides is 1. The molecule has 1 aliphatic heterocycles. The van der Waals surface area contributed by atoms with E-state index in [1.807, 2.05) is 12.1 Å². The van der Waals surface area contributed by atoms with E-state index in [0.717, 1.165) is 12.1 Å². The van der Waals surface area contributed by atoms with E-state index in [0.29, 0.717) is 22.9 Å². The summed E-state index contributed by atoms with van der Waals surface area (Å²) in [5.74, 6) is -0.796. The molecule has 192 valence electrons. The minimum atomic E-state index is -1.12. The molecular weight excluding hydrogens is 501 g/mol. The fraction of sp³-hybridized carbons (Fsp3) is 0.250. The number of carbonyl (C=O) groups is 3. The second kappa shape index (κ2) is 11.9. The number of Topliss-reactive ketones (excluding diaryl/α,β-unsaturated/α-hetero) is 1. The number of benzene rings is 3. The van der Waals surface area contributed by atoms with Crippen molar-refractivity contribution in [1.82, 2.24) is 0 Å². The van der Waals surface area contributed by atoms with Crippen LogP contribution in [0.5, 0.6) is 17.2 Å². The number of hydrogen-bond donors (Lipinski definition) is 0. The molecule has 4 rings (SSSR count). The maximum atomic E-state index is 13.2. The Morgan fingerprint density at radius 3 is 2.35 bits per heavy atom. The molecule has 3 aromatic carbocycles. The van der Waals surface area contributed by atoms with Crippen molar-refractivity contribution in [2.24, 2.45) is 5.92 Å². The Kier molecular flexibility index (Phi) is 8.40. The van der Waals surface area contributed by atoms with Crippen molar-refractivity contribution in [3.8, 4) is 17.2 Å². The van der Waals surface area contributed by atoms with Gasteiger partial charge in [0.2, 0.25) is 11.7 Å². The molecule has 0 N–H and O–H groups in total. The molecule has 1 heterocycles. The first-order valence-electron chi connectivity index (χ1n) is 11.7. The molecule has 0 radical (unpaired) electrons. The molecule has 1 amide bonds. The van der Waals surface area contributed by atoms with Gasteiger partial charge in [-0.1, -0.05) is 12.1 Å². The highest BCUT2D eigenvalue weighted by atomic mass is 35.5. The molecule has 1 saturated heterocycles. The second-order valence-corrected chi connectivity index (χ2v) is 8.80. The average Bonchev–Trinajstić information content (AvgIpc) is 3.31. The molecule has 2 atom stereocenters. The summed E-state index contributed by atoms with van der Waals surface area (Å²) in [6.45, 7) is 0.114. The van der Waals surface area contributed by atoms with Gasteiger partial charge in [-0.25, -0.2) is 4.39 Å². The smallest absolute Gasteiger partial charge is 0.312 e. The van der Waals surface area contributed by atoms with E-state index in [4.69, 9.17) is 25.8 Å². The van der Waals surface area contributed by atoms with Crippen molar-refractivity contribution < 1.29 is 33.0 Å². The first kappa shape index (κ1) is 26.2. The maximum absolute atomic E-state index is 13.2. The Bertz CT molecular complexity index is 1260. The molecule has 9 heteroatoms. The third-order valence-electron chi connectivity index (χ3n) is 5.95. The topological polar surface area (TPSA) is 82.1 Å². The lowest BCUT2D eigenvalue weighted by molar-refractivity contribution is -0.151. The summed E-state index contributed by atoms with van der Waals surface area (Å²) >= 11 is 5.82. The zero-order valence-corrected chi connectivity index (χ0v) is 20.8. The number of halogens is 2. The molecule has 0 unspecified atom stereocenters. The number of ketones is 1. The van der Waals surface area contributed by atoms with Crippen LogP contribution in [0.15, 0.2) is 72.8 Å². The van der Waals surface area contributed by atoms with Crippen molar-refractivity contribution in [2.45, 2.75) is 18.9 Å². The van der Waals surface area contributed by atoms with Gasteiger partial charge in [0.25, 0.3) is 0 Å². The zero-order chi connectivity index (χ0) is 26.4. The lowest BCUT2D eigenvalue weighted by Crippen LogP contribution is -2.32. The van der Waals surface area contributed by atoms with Crippen LogP contribution in [-0.4, -0.2) is 43.3 Å². The highest BCUT2D eigenvalue weighted by Gasteiger charge is 2.38. The molecule has 1 fully saturated rings. The summed E-state index contributed by atoms with van der Waals surface area (Å²) in [6, 6.07) is 19.1. The van der Waals surface area contributed by atoms with Gasteiger partial charge in [-0.15, -0.1) is 11.6 Å². The van der Waals surface area contributed by atoms with Crippen LogP contribution < -0.4 is 14.4 Å². The average molecular weight is 526 g/mol. The first-order valence-corrected chi connectivity index (χ1v) is 12.2. The molecule has 0 aliphatic carbocycles. The summed E-state index contributed by atoms with van der Waals surface area (Å²) in [6.07, 6.45) is -1.07. The standard InChI is InChI=1S/C28H25ClFNO6/c1-35-23-4-2-3-5-24(23)36-22-12-10-21(11-13-22)31-17-19(16-26(31)32)28(34)37-25(14-15-29)27(33)18-6-8-20(30)9-7-18/h2-13,19,25H,14-17H2,1H3/t19-,25+/m0/s1. The molecule has 0 aromatic heterocycles. The number of carbonyl (C=O) groups excluding carboxylic acids is 3. The number of alkyl halides is 1. The quantitative estimate of drug-likeness (QED) is 0.200. The third kappa shape index (κ3) is 6.27. The van der Waals surface area contributed by atoms with Crippen molar-refractivity contribution in [2.75, 3.05) is 24.4 Å². The maximum Gasteiger partial charge on any atom is 0.312 e. The van der Waals surface area contributed by atoms with Gasteiger partial charge in [-0.2, -0.15) is 0 Å². The number of methoxy groups -OCH3 is 1. The number of hydrogen-bond acceptors (Lipinski definition) is 6. The highest BCUT2D eigenvalue weighted by Crippen LogP contribution is 2.33. The van der Waals surface area contributed by atoms with Gasteiger partial charge >= 0.3 is 5.97 Å². The van der Waals surface area contributed by atoms with Crippen LogP contribution in [0.4, 0.5) is 10.1 Å². The number of nitrogens with zero attached hydrogens (tertiary/aromatic N) is 1. The van der Waals surface area contributed by atoms with E-state index in [9.17, 15) is 18.8 Å². The Balaban J connectivity index is 1.40. The summed E-state index contributed by atoms with van der Waals surface area (Å²) in [5.41, 5.74) is 0.816. The van der Waals surface area contributed by atoms with Gasteiger partial charge in [0, 0.05) is 36.5 Å². The largest absolute Gasteiger partial charge is 0.493 e. The summed E-state index contributed by atoms with van der Waals surface area (Å²) in [7, 11) is 1.56. The van der Waals surface area contributed by atoms with Crippen LogP contribution in [0, 0.1) is 11.7 Å². The van der Waals surface area contributed by atoms with E-state index in [2.05, 4.69) is 0 Å². The summed E-state index contributed by atoms with van der Waals surface area (Å²) in [5, 5.41) is 0. The Labute approximate surface area is 218 Å². The predicted octanol–water partition coefficient (Wildman–Crippen LogP) is 5.40. The molecule has 1 aliphatic rings. The molecule has 0 saturated carbocycles. The van der Waals surface area contributed by atoms with Crippen LogP contribution in [0.2, 0.25) is 0 Å². The molecule has 37 heavy (non-hydrogen) atoms.